The Bertz CT molecular complexity index is 662. The molecule has 0 saturated carbocycles. The third-order valence-electron chi connectivity index (χ3n) is 4.15. The average molecular weight is 343 g/mol. The predicted octanol–water partition coefficient (Wildman–Crippen LogP) is 2.70. The van der Waals surface area contributed by atoms with E-state index >= 15 is 0 Å². The van der Waals surface area contributed by atoms with Gasteiger partial charge in [-0.3, -0.25) is 5.20 Å². The van der Waals surface area contributed by atoms with Gasteiger partial charge >= 0.3 is 0 Å². The van der Waals surface area contributed by atoms with Crippen LogP contribution < -0.4 is 15.8 Å². The third kappa shape index (κ3) is 3.89. The molecule has 0 atom stereocenters. The number of piperidine rings is 1. The summed E-state index contributed by atoms with van der Waals surface area (Å²) in [6, 6.07) is 20.7. The first-order valence-electron chi connectivity index (χ1n) is 7.91. The van der Waals surface area contributed by atoms with Crippen LogP contribution in [0.5, 0.6) is 0 Å². The second kappa shape index (κ2) is 7.39. The van der Waals surface area contributed by atoms with Gasteiger partial charge in [-0.25, -0.2) is 0 Å². The molecule has 1 aliphatic heterocycles. The van der Waals surface area contributed by atoms with Crippen LogP contribution in [0.4, 0.5) is 0 Å². The largest absolute Gasteiger partial charge is 0.306 e. The van der Waals surface area contributed by atoms with Crippen LogP contribution in [-0.4, -0.2) is 30.7 Å². The molecule has 0 bridgehead atoms. The molecule has 0 aliphatic carbocycles. The summed E-state index contributed by atoms with van der Waals surface area (Å²) in [5, 5.41) is 10.4. The summed E-state index contributed by atoms with van der Waals surface area (Å²) < 4.78 is 0. The lowest BCUT2D eigenvalue weighted by Crippen LogP contribution is -2.32. The molecule has 23 heavy (non-hydrogen) atoms. The first kappa shape index (κ1) is 16.4. The van der Waals surface area contributed by atoms with E-state index in [2.05, 4.69) is 41.4 Å². The standard InChI is InChI=1S/C18H22N3PS/c1-21-14-12-16(13-15-21)19-20-22(23,17-8-4-2-5-9-17)18-10-6-3-7-11-18/h2-11H,12-15H2,1H3,(H,20,23). The minimum absolute atomic E-state index is 1.02. The van der Waals surface area contributed by atoms with Gasteiger partial charge in [0.05, 0.1) is 0 Å². The molecule has 0 unspecified atom stereocenters. The molecule has 1 N–H and O–H groups in total. The van der Waals surface area contributed by atoms with Gasteiger partial charge in [-0.05, 0) is 7.05 Å². The van der Waals surface area contributed by atoms with Crippen LogP contribution in [0.25, 0.3) is 0 Å². The highest BCUT2D eigenvalue weighted by molar-refractivity contribution is 8.20. The van der Waals surface area contributed by atoms with Gasteiger partial charge in [0.2, 0.25) is 0 Å². The number of benzene rings is 2. The van der Waals surface area contributed by atoms with Crippen molar-refractivity contribution < 1.29 is 0 Å². The van der Waals surface area contributed by atoms with Crippen molar-refractivity contribution in [2.75, 3.05) is 20.1 Å². The number of nitrogens with one attached hydrogen (secondary N) is 1. The number of hydrazone groups is 1. The first-order chi connectivity index (χ1) is 11.2. The first-order valence-corrected chi connectivity index (χ1v) is 10.7. The van der Waals surface area contributed by atoms with Crippen molar-refractivity contribution in [3.05, 3.63) is 60.7 Å². The van der Waals surface area contributed by atoms with E-state index in [1.807, 2.05) is 36.4 Å². The molecule has 1 fully saturated rings. The quantitative estimate of drug-likeness (QED) is 0.683. The smallest absolute Gasteiger partial charge is 0.106 e. The summed E-state index contributed by atoms with van der Waals surface area (Å²) in [5.74, 6) is 0. The van der Waals surface area contributed by atoms with Crippen molar-refractivity contribution >= 4 is 34.3 Å². The van der Waals surface area contributed by atoms with Gasteiger partial charge in [-0.1, -0.05) is 72.5 Å². The van der Waals surface area contributed by atoms with Gasteiger partial charge < -0.3 is 4.90 Å². The summed E-state index contributed by atoms with van der Waals surface area (Å²) in [5.41, 5.74) is 1.23. The van der Waals surface area contributed by atoms with Crippen LogP contribution in [0, 0.1) is 0 Å². The Morgan fingerprint density at radius 3 is 1.87 bits per heavy atom. The number of hydrogen-bond acceptors (Lipinski definition) is 3. The Morgan fingerprint density at radius 1 is 0.913 bits per heavy atom. The minimum atomic E-state index is -2.12. The highest BCUT2D eigenvalue weighted by Crippen LogP contribution is 2.39. The average Bonchev–Trinajstić information content (AvgIpc) is 2.62. The maximum Gasteiger partial charge on any atom is 0.106 e. The molecule has 1 saturated heterocycles. The Labute approximate surface area is 143 Å². The lowest BCUT2D eigenvalue weighted by Gasteiger charge is -2.26. The van der Waals surface area contributed by atoms with E-state index in [1.54, 1.807) is 0 Å². The van der Waals surface area contributed by atoms with Gasteiger partial charge in [0.25, 0.3) is 0 Å². The van der Waals surface area contributed by atoms with Gasteiger partial charge in [0.15, 0.2) is 0 Å². The lowest BCUT2D eigenvalue weighted by molar-refractivity contribution is 0.335. The molecule has 2 aromatic rings. The summed E-state index contributed by atoms with van der Waals surface area (Å²) in [4.78, 5) is 2.34. The maximum atomic E-state index is 6.11. The molecule has 120 valence electrons. The number of nitrogens with zero attached hydrogens (tertiary/aromatic N) is 2. The van der Waals surface area contributed by atoms with Crippen LogP contribution in [0.2, 0.25) is 0 Å². The normalized spacial score (nSPS) is 16.1. The maximum absolute atomic E-state index is 6.11. The van der Waals surface area contributed by atoms with Crippen LogP contribution in [-0.2, 0) is 11.8 Å². The summed E-state index contributed by atoms with van der Waals surface area (Å²) in [7, 11) is 2.16. The minimum Gasteiger partial charge on any atom is -0.306 e. The monoisotopic (exact) mass is 343 g/mol. The van der Waals surface area contributed by atoms with E-state index in [0.717, 1.165) is 36.5 Å². The van der Waals surface area contributed by atoms with Gasteiger partial charge in [0, 0.05) is 42.3 Å². The highest BCUT2D eigenvalue weighted by atomic mass is 32.4. The molecule has 0 spiro atoms. The Balaban J connectivity index is 1.91. The molecule has 1 aliphatic rings. The van der Waals surface area contributed by atoms with Gasteiger partial charge in [-0.15, -0.1) is 0 Å². The van der Waals surface area contributed by atoms with Gasteiger partial charge in [-0.2, -0.15) is 5.10 Å². The zero-order chi connectivity index (χ0) is 16.1. The van der Waals surface area contributed by atoms with E-state index in [0.29, 0.717) is 0 Å². The zero-order valence-corrected chi connectivity index (χ0v) is 15.1. The Hall–Kier alpha value is -1.48. The zero-order valence-electron chi connectivity index (χ0n) is 13.4. The van der Waals surface area contributed by atoms with Crippen LogP contribution >= 0.6 is 6.19 Å². The van der Waals surface area contributed by atoms with E-state index in [4.69, 9.17) is 16.9 Å². The van der Waals surface area contributed by atoms with E-state index in [1.165, 1.54) is 5.71 Å². The lowest BCUT2D eigenvalue weighted by atomic mass is 10.1. The third-order valence-corrected chi connectivity index (χ3v) is 8.09. The van der Waals surface area contributed by atoms with Crippen LogP contribution in [0.15, 0.2) is 65.8 Å². The fourth-order valence-electron chi connectivity index (χ4n) is 2.67. The SMILES string of the molecule is CN1CCC(=NNP(=S)(c2ccccc2)c2ccccc2)CC1. The number of likely N-dealkylation sites (tertiary alicyclic amines) is 1. The van der Waals surface area contributed by atoms with Crippen LogP contribution in [0.1, 0.15) is 12.8 Å². The fraction of sp³-hybridized carbons (Fsp3) is 0.278. The molecule has 0 radical (unpaired) electrons. The molecule has 0 amide bonds. The van der Waals surface area contributed by atoms with E-state index in [9.17, 15) is 0 Å². The van der Waals surface area contributed by atoms with Crippen molar-refractivity contribution in [2.45, 2.75) is 12.8 Å². The van der Waals surface area contributed by atoms with E-state index < -0.39 is 6.19 Å². The summed E-state index contributed by atoms with van der Waals surface area (Å²) >= 11 is 6.11. The molecule has 2 aromatic carbocycles. The molecule has 5 heteroatoms. The van der Waals surface area contributed by atoms with Crippen molar-refractivity contribution in [3.63, 3.8) is 0 Å². The Morgan fingerprint density at radius 2 is 1.39 bits per heavy atom. The Kier molecular flexibility index (Phi) is 5.27. The van der Waals surface area contributed by atoms with Crippen molar-refractivity contribution in [2.24, 2.45) is 5.10 Å². The number of rotatable bonds is 4. The second-order valence-corrected chi connectivity index (χ2v) is 9.96. The highest BCUT2D eigenvalue weighted by Gasteiger charge is 2.22. The second-order valence-electron chi connectivity index (χ2n) is 5.86. The summed E-state index contributed by atoms with van der Waals surface area (Å²) in [6.07, 6.45) is -0.0912. The van der Waals surface area contributed by atoms with Crippen molar-refractivity contribution in [1.82, 2.24) is 10.1 Å². The molecule has 3 nitrogen and oxygen atoms in total. The number of hydrogen-bond donors (Lipinski definition) is 1. The molecule has 0 aromatic heterocycles. The fourth-order valence-corrected chi connectivity index (χ4v) is 5.52. The predicted molar refractivity (Wildman–Crippen MR) is 104 cm³/mol. The van der Waals surface area contributed by atoms with E-state index in [-0.39, 0.29) is 0 Å². The van der Waals surface area contributed by atoms with Crippen molar-refractivity contribution in [1.29, 1.82) is 0 Å². The molecular weight excluding hydrogens is 321 g/mol. The molecule has 3 rings (SSSR count). The molecule has 1 heterocycles. The van der Waals surface area contributed by atoms with Crippen molar-refractivity contribution in [3.8, 4) is 0 Å². The van der Waals surface area contributed by atoms with Gasteiger partial charge in [0.1, 0.15) is 6.19 Å². The van der Waals surface area contributed by atoms with Crippen LogP contribution in [0.3, 0.4) is 0 Å². The summed E-state index contributed by atoms with van der Waals surface area (Å²) in [6.45, 7) is 2.14. The topological polar surface area (TPSA) is 27.6 Å². The molecular formula is C18H22N3PS.